The Morgan fingerprint density at radius 2 is 1.67 bits per heavy atom. The molecular weight excluding hydrogens is 649 g/mol. The predicted molar refractivity (Wildman–Crippen MR) is 204 cm³/mol. The predicted octanol–water partition coefficient (Wildman–Crippen LogP) is 7.84. The van der Waals surface area contributed by atoms with Crippen molar-refractivity contribution < 1.29 is 9.52 Å². The maximum Gasteiger partial charge on any atom is 0.227 e. The summed E-state index contributed by atoms with van der Waals surface area (Å²) >= 11 is 0. The van der Waals surface area contributed by atoms with Crippen molar-refractivity contribution in [2.75, 3.05) is 31.5 Å². The van der Waals surface area contributed by atoms with E-state index in [1.54, 1.807) is 0 Å². The second kappa shape index (κ2) is 13.4. The zero-order valence-electron chi connectivity index (χ0n) is 30.5. The highest BCUT2D eigenvalue weighted by Gasteiger charge is 2.31. The van der Waals surface area contributed by atoms with Crippen LogP contribution in [0.15, 0.2) is 65.2 Å². The number of aryl methyl sites for hydroxylation is 1. The van der Waals surface area contributed by atoms with Gasteiger partial charge in [-0.05, 0) is 117 Å². The van der Waals surface area contributed by atoms with Gasteiger partial charge in [0.25, 0.3) is 0 Å². The van der Waals surface area contributed by atoms with Gasteiger partial charge in [-0.1, -0.05) is 31.2 Å². The largest absolute Gasteiger partial charge is 0.435 e. The van der Waals surface area contributed by atoms with Crippen LogP contribution in [-0.2, 0) is 13.1 Å². The van der Waals surface area contributed by atoms with Crippen LogP contribution in [0.3, 0.4) is 0 Å². The Morgan fingerprint density at radius 3 is 2.42 bits per heavy atom. The van der Waals surface area contributed by atoms with Crippen molar-refractivity contribution in [3.05, 3.63) is 94.4 Å². The van der Waals surface area contributed by atoms with Crippen molar-refractivity contribution in [1.82, 2.24) is 29.7 Å². The first-order chi connectivity index (χ1) is 25.0. The van der Waals surface area contributed by atoms with Gasteiger partial charge in [-0.3, -0.25) is 14.8 Å². The molecule has 264 valence electrons. The number of hydrogen-bond donors (Lipinski definition) is 2. The fourth-order valence-corrected chi connectivity index (χ4v) is 7.94. The van der Waals surface area contributed by atoms with Crippen molar-refractivity contribution in [2.45, 2.75) is 66.2 Å². The number of rotatable bonds is 8. The number of nitriles is 1. The highest BCUT2D eigenvalue weighted by atomic mass is 16.3. The Bertz CT molecular complexity index is 2370. The third-order valence-corrected chi connectivity index (χ3v) is 10.7. The fraction of sp³-hybridized carbons (Fsp3) is 0.357. The molecule has 0 spiro atoms. The normalized spacial score (nSPS) is 19.5. The Morgan fingerprint density at radius 1 is 0.923 bits per heavy atom. The summed E-state index contributed by atoms with van der Waals surface area (Å²) in [5, 5.41) is 24.0. The van der Waals surface area contributed by atoms with E-state index >= 15 is 0 Å². The van der Waals surface area contributed by atoms with Crippen LogP contribution in [0.4, 0.5) is 11.5 Å². The number of benzene rings is 3. The first-order valence-corrected chi connectivity index (χ1v) is 18.1. The van der Waals surface area contributed by atoms with Gasteiger partial charge in [0, 0.05) is 50.2 Å². The summed E-state index contributed by atoms with van der Waals surface area (Å²) in [6.45, 7) is 15.5. The van der Waals surface area contributed by atoms with Gasteiger partial charge in [-0.15, -0.1) is 0 Å². The van der Waals surface area contributed by atoms with Crippen LogP contribution in [0.2, 0.25) is 0 Å². The molecule has 0 aliphatic carbocycles. The van der Waals surface area contributed by atoms with Crippen LogP contribution >= 0.6 is 0 Å². The van der Waals surface area contributed by atoms with Crippen LogP contribution in [-0.4, -0.2) is 66.6 Å². The van der Waals surface area contributed by atoms with Gasteiger partial charge in [0.2, 0.25) is 5.89 Å². The molecule has 8 rings (SSSR count). The van der Waals surface area contributed by atoms with Gasteiger partial charge in [0.1, 0.15) is 22.9 Å². The third-order valence-electron chi connectivity index (χ3n) is 10.7. The Balaban J connectivity index is 1.09. The topological polar surface area (TPSA) is 127 Å². The first-order valence-electron chi connectivity index (χ1n) is 18.1. The van der Waals surface area contributed by atoms with E-state index < -0.39 is 5.60 Å². The van der Waals surface area contributed by atoms with Gasteiger partial charge >= 0.3 is 0 Å². The molecular formula is C42H44N8O2. The minimum atomic E-state index is -0.644. The molecule has 3 aromatic carbocycles. The number of nitrogens with one attached hydrogen (secondary N) is 1. The molecule has 2 saturated heterocycles. The summed E-state index contributed by atoms with van der Waals surface area (Å²) in [4.78, 5) is 23.9. The highest BCUT2D eigenvalue weighted by Crippen LogP contribution is 2.38. The molecule has 10 nitrogen and oxygen atoms in total. The Kier molecular flexibility index (Phi) is 8.74. The molecule has 52 heavy (non-hydrogen) atoms. The second-order valence-corrected chi connectivity index (χ2v) is 15.1. The van der Waals surface area contributed by atoms with Crippen LogP contribution in [0, 0.1) is 38.0 Å². The molecule has 0 radical (unpaired) electrons. The van der Waals surface area contributed by atoms with Crippen molar-refractivity contribution in [3.8, 4) is 28.7 Å². The molecule has 0 amide bonds. The van der Waals surface area contributed by atoms with Crippen molar-refractivity contribution in [1.29, 1.82) is 5.26 Å². The maximum absolute atomic E-state index is 10.4. The van der Waals surface area contributed by atoms with Crippen LogP contribution in [0.5, 0.6) is 0 Å². The number of aliphatic hydroxyl groups is 1. The number of hydrogen-bond acceptors (Lipinski definition) is 10. The number of nitrogens with zero attached hydrogens (tertiary/aromatic N) is 7. The number of aromatic nitrogens is 4. The minimum absolute atomic E-state index is 0.508. The second-order valence-electron chi connectivity index (χ2n) is 15.1. The van der Waals surface area contributed by atoms with Gasteiger partial charge in [-0.25, -0.2) is 15.0 Å². The summed E-state index contributed by atoms with van der Waals surface area (Å²) in [6.07, 6.45) is 3.86. The van der Waals surface area contributed by atoms with Gasteiger partial charge < -0.3 is 14.8 Å². The maximum atomic E-state index is 10.4. The van der Waals surface area contributed by atoms with Crippen LogP contribution in [0.1, 0.15) is 60.3 Å². The molecule has 0 unspecified atom stereocenters. The van der Waals surface area contributed by atoms with Gasteiger partial charge in [0.15, 0.2) is 11.4 Å². The summed E-state index contributed by atoms with van der Waals surface area (Å²) in [7, 11) is 0. The molecule has 2 fully saturated rings. The molecule has 0 saturated carbocycles. The lowest BCUT2D eigenvalue weighted by Crippen LogP contribution is -2.29. The molecule has 2 atom stereocenters. The lowest BCUT2D eigenvalue weighted by Gasteiger charge is -2.19. The van der Waals surface area contributed by atoms with E-state index in [-0.39, 0.29) is 0 Å². The van der Waals surface area contributed by atoms with Crippen molar-refractivity contribution in [2.24, 2.45) is 5.92 Å². The molecule has 2 N–H and O–H groups in total. The third kappa shape index (κ3) is 6.63. The average Bonchev–Trinajstić information content (AvgIpc) is 3.82. The van der Waals surface area contributed by atoms with E-state index in [4.69, 9.17) is 24.4 Å². The van der Waals surface area contributed by atoms with Gasteiger partial charge in [-0.2, -0.15) is 5.26 Å². The zero-order valence-corrected chi connectivity index (χ0v) is 30.5. The summed E-state index contributed by atoms with van der Waals surface area (Å²) in [5.74, 6) is 2.52. The molecule has 3 aromatic heterocycles. The number of fused-ring (bicyclic) bond motifs is 2. The molecule has 0 bridgehead atoms. The SMILES string of the molecule is Cc1nc(Nc2cccc(-c3cccc(-c4nc5cc(CN6CC[C@@H](C)C6)cc(C#N)c5o4)c3C)c2C)c2ncc(CN3CC[C@@](C)(O)C3)cc2n1. The number of anilines is 2. The number of pyridine rings is 1. The minimum Gasteiger partial charge on any atom is -0.435 e. The lowest BCUT2D eigenvalue weighted by molar-refractivity contribution is 0.0679. The van der Waals surface area contributed by atoms with E-state index in [0.717, 1.165) is 82.7 Å². The molecule has 2 aliphatic rings. The summed E-state index contributed by atoms with van der Waals surface area (Å²) in [6, 6.07) is 20.8. The standard InChI is InChI=1S/C42H44N8O2/c1-25-12-14-49(21-25)22-29-16-31(19-43)39-37(17-29)48-41(52-39)34-10-6-8-32(26(34)2)33-9-7-11-35(27(33)3)47-40-38-36(45-28(4)46-40)18-30(20-44-38)23-50-15-13-42(5,51)24-50/h6-11,16-18,20,25,51H,12-15,21-24H2,1-5H3,(H,45,46,47)/t25-,42-/m1/s1. The van der Waals surface area contributed by atoms with Crippen LogP contribution in [0.25, 0.3) is 44.7 Å². The van der Waals surface area contributed by atoms with E-state index in [1.807, 2.05) is 44.3 Å². The smallest absolute Gasteiger partial charge is 0.227 e. The van der Waals surface area contributed by atoms with E-state index in [9.17, 15) is 10.4 Å². The number of oxazole rings is 1. The first kappa shape index (κ1) is 33.9. The highest BCUT2D eigenvalue weighted by molar-refractivity contribution is 5.89. The lowest BCUT2D eigenvalue weighted by atomic mass is 9.93. The molecule has 5 heterocycles. The molecule has 2 aliphatic heterocycles. The quantitative estimate of drug-likeness (QED) is 0.163. The number of likely N-dealkylation sites (tertiary alicyclic amines) is 2. The van der Waals surface area contributed by atoms with Crippen molar-refractivity contribution in [3.63, 3.8) is 0 Å². The summed E-state index contributed by atoms with van der Waals surface area (Å²) in [5.41, 5.74) is 10.8. The van der Waals surface area contributed by atoms with E-state index in [2.05, 4.69) is 72.3 Å². The summed E-state index contributed by atoms with van der Waals surface area (Å²) < 4.78 is 6.33. The van der Waals surface area contributed by atoms with E-state index in [1.165, 1.54) is 6.42 Å². The fourth-order valence-electron chi connectivity index (χ4n) is 7.94. The van der Waals surface area contributed by atoms with Crippen LogP contribution < -0.4 is 5.32 Å². The molecule has 6 aromatic rings. The number of β-amino-alcohol motifs (C(OH)–C–C–N with tert-alkyl or cyclic N) is 1. The Labute approximate surface area is 304 Å². The van der Waals surface area contributed by atoms with E-state index in [0.29, 0.717) is 58.7 Å². The van der Waals surface area contributed by atoms with Gasteiger partial charge in [0.05, 0.1) is 16.7 Å². The zero-order chi connectivity index (χ0) is 36.1. The Hall–Kier alpha value is -5.21. The van der Waals surface area contributed by atoms with Crippen molar-refractivity contribution >= 4 is 33.6 Å². The monoisotopic (exact) mass is 692 g/mol. The molecule has 10 heteroatoms. The average molecular weight is 693 g/mol.